The van der Waals surface area contributed by atoms with Crippen molar-refractivity contribution in [3.8, 4) is 57.4 Å². The van der Waals surface area contributed by atoms with Crippen LogP contribution in [0.3, 0.4) is 0 Å². The Bertz CT molecular complexity index is 2880. The summed E-state index contributed by atoms with van der Waals surface area (Å²) in [5.74, 6) is 11.2. The summed E-state index contributed by atoms with van der Waals surface area (Å²) in [5.41, 5.74) is 8.11. The molecule has 0 radical (unpaired) electrons. The van der Waals surface area contributed by atoms with Crippen LogP contribution in [0, 0.1) is 23.7 Å². The first kappa shape index (κ1) is 51.9. The van der Waals surface area contributed by atoms with E-state index in [4.69, 9.17) is 19.3 Å². The highest BCUT2D eigenvalue weighted by Crippen LogP contribution is 2.40. The van der Waals surface area contributed by atoms with E-state index < -0.39 is 29.4 Å². The topological polar surface area (TPSA) is 82.1 Å². The third-order valence-corrected chi connectivity index (χ3v) is 12.2. The molecule has 6 aromatic rings. The fourth-order valence-corrected chi connectivity index (χ4v) is 8.63. The van der Waals surface area contributed by atoms with Crippen LogP contribution in [0.5, 0.6) is 11.5 Å². The summed E-state index contributed by atoms with van der Waals surface area (Å²) < 4.78 is 94.2. The Morgan fingerprint density at radius 2 is 0.943 bits per heavy atom. The van der Waals surface area contributed by atoms with Crippen LogP contribution in [0.2, 0.25) is 0 Å². The molecule has 2 unspecified atom stereocenters. The number of ether oxygens (including phenoxy) is 3. The number of carboxylic acid groups (broad SMARTS) is 1. The third-order valence-electron chi connectivity index (χ3n) is 12.2. The van der Waals surface area contributed by atoms with Gasteiger partial charge in [0.2, 0.25) is 0 Å². The van der Waals surface area contributed by atoms with Crippen molar-refractivity contribution in [3.63, 3.8) is 0 Å². The predicted octanol–water partition coefficient (Wildman–Crippen LogP) is 14.8. The number of esters is 1. The number of hydrogen-bond acceptors (Lipinski definition) is 5. The average molecular weight is 959 g/mol. The molecule has 0 spiro atoms. The molecule has 1 N–H and O–H groups in total. The molecule has 2 aliphatic carbocycles. The number of rotatable bonds is 12. The summed E-state index contributed by atoms with van der Waals surface area (Å²) in [5, 5.41) is 9.11. The third kappa shape index (κ3) is 13.0. The summed E-state index contributed by atoms with van der Waals surface area (Å²) in [6, 6.07) is 37.2. The lowest BCUT2D eigenvalue weighted by molar-refractivity contribution is -0.141. The van der Waals surface area contributed by atoms with Gasteiger partial charge in [-0.25, -0.2) is 0 Å². The molecule has 0 amide bonds. The van der Waals surface area contributed by atoms with Crippen molar-refractivity contribution in [2.45, 2.75) is 96.2 Å². The lowest BCUT2D eigenvalue weighted by Gasteiger charge is -2.17. The number of carbonyl (C=O) groups excluding carboxylic acids is 1. The maximum Gasteiger partial charge on any atom is 0.416 e. The van der Waals surface area contributed by atoms with Crippen molar-refractivity contribution in [1.29, 1.82) is 0 Å². The van der Waals surface area contributed by atoms with Gasteiger partial charge in [0.1, 0.15) is 23.7 Å². The van der Waals surface area contributed by atoms with E-state index in [-0.39, 0.29) is 50.3 Å². The first-order chi connectivity index (χ1) is 33.0. The zero-order valence-corrected chi connectivity index (χ0v) is 38.0. The molecular weight excluding hydrogens is 907 g/mol. The summed E-state index contributed by atoms with van der Waals surface area (Å²) >= 11 is 0. The number of aryl methyl sites for hydroxylation is 2. The van der Waals surface area contributed by atoms with Crippen molar-refractivity contribution >= 4 is 11.9 Å². The van der Waals surface area contributed by atoms with Gasteiger partial charge in [0.15, 0.2) is 0 Å². The minimum Gasteiger partial charge on any atom is -0.486 e. The predicted molar refractivity (Wildman–Crippen MR) is 258 cm³/mol. The molecular formula is C58H52F6O6. The second kappa shape index (κ2) is 22.8. The van der Waals surface area contributed by atoms with Crippen molar-refractivity contribution in [1.82, 2.24) is 0 Å². The lowest BCUT2D eigenvalue weighted by atomic mass is 9.96. The Morgan fingerprint density at radius 3 is 1.29 bits per heavy atom. The van der Waals surface area contributed by atoms with Crippen LogP contribution in [0.25, 0.3) is 22.3 Å². The summed E-state index contributed by atoms with van der Waals surface area (Å²) in [4.78, 5) is 22.8. The van der Waals surface area contributed by atoms with Crippen LogP contribution in [0.4, 0.5) is 26.3 Å². The summed E-state index contributed by atoms with van der Waals surface area (Å²) in [7, 11) is 1.36. The summed E-state index contributed by atoms with van der Waals surface area (Å²) in [6.45, 7) is 3.43. The molecule has 0 aliphatic heterocycles. The van der Waals surface area contributed by atoms with E-state index in [1.807, 2.05) is 84.9 Å². The molecule has 6 aromatic carbocycles. The number of halogens is 6. The molecule has 362 valence electrons. The minimum absolute atomic E-state index is 0. The Labute approximate surface area is 404 Å². The minimum atomic E-state index is -4.35. The summed E-state index contributed by atoms with van der Waals surface area (Å²) in [6.07, 6.45) is -5.50. The monoisotopic (exact) mass is 958 g/mol. The van der Waals surface area contributed by atoms with Crippen LogP contribution in [-0.4, -0.2) is 24.2 Å². The fourth-order valence-electron chi connectivity index (χ4n) is 8.63. The number of carbonyl (C=O) groups is 2. The van der Waals surface area contributed by atoms with Gasteiger partial charge in [0.25, 0.3) is 0 Å². The van der Waals surface area contributed by atoms with Crippen LogP contribution in [0.15, 0.2) is 133 Å². The number of fused-ring (bicyclic) bond motifs is 2. The number of methoxy groups -OCH3 is 1. The van der Waals surface area contributed by atoms with E-state index in [1.165, 1.54) is 31.4 Å². The largest absolute Gasteiger partial charge is 0.486 e. The van der Waals surface area contributed by atoms with E-state index in [9.17, 15) is 35.9 Å². The molecule has 0 heterocycles. The molecule has 0 saturated carbocycles. The number of alkyl halides is 6. The first-order valence-corrected chi connectivity index (χ1v) is 22.3. The second-order valence-corrected chi connectivity index (χ2v) is 16.7. The molecule has 8 rings (SSSR count). The van der Waals surface area contributed by atoms with Gasteiger partial charge in [-0.15, -0.1) is 11.8 Å². The van der Waals surface area contributed by atoms with Crippen molar-refractivity contribution in [3.05, 3.63) is 178 Å². The van der Waals surface area contributed by atoms with Crippen molar-refractivity contribution in [2.24, 2.45) is 0 Å². The average Bonchev–Trinajstić information content (AvgIpc) is 3.94. The molecule has 0 bridgehead atoms. The van der Waals surface area contributed by atoms with Gasteiger partial charge >= 0.3 is 24.3 Å². The standard InChI is InChI=1S/C29H25F3O3.C28H23F3O3.CH4/c1-3-4-21(18-28(33)34-2)20-7-13-25(14-8-20)35-27-16-10-23-17-22(9-15-26(23)27)19-5-11-24(12-6-19)29(30,31)32;1-2-3-20(17-27(32)33)19-6-12-24(13-7-19)34-26-15-9-22-16-21(8-14-25(22)26)18-4-10-23(11-5-18)28(29,30)31;/h5-9,11-15,17,21,27H,10,16,18H2,1-2H3;4-8,10-14,16,20,26H,9,15,17H2,1H3,(H,32,33);1H4/t21-,27?;20-,26?;/m00./s1. The second-order valence-electron chi connectivity index (χ2n) is 16.7. The number of aliphatic carboxylic acids is 1. The van der Waals surface area contributed by atoms with Crippen LogP contribution < -0.4 is 9.47 Å². The van der Waals surface area contributed by atoms with Crippen LogP contribution in [-0.2, 0) is 39.5 Å². The fraction of sp³-hybridized carbons (Fsp3) is 0.276. The normalized spacial score (nSPS) is 15.4. The van der Waals surface area contributed by atoms with Gasteiger partial charge in [-0.05, 0) is 144 Å². The highest BCUT2D eigenvalue weighted by molar-refractivity contribution is 5.71. The zero-order valence-electron chi connectivity index (χ0n) is 38.0. The van der Waals surface area contributed by atoms with Gasteiger partial charge in [-0.3, -0.25) is 9.59 Å². The molecule has 0 saturated heterocycles. The van der Waals surface area contributed by atoms with E-state index in [1.54, 1.807) is 13.8 Å². The molecule has 0 aromatic heterocycles. The smallest absolute Gasteiger partial charge is 0.416 e. The highest BCUT2D eigenvalue weighted by atomic mass is 19.4. The van der Waals surface area contributed by atoms with Gasteiger partial charge in [0, 0.05) is 0 Å². The Hall–Kier alpha value is -7.44. The van der Waals surface area contributed by atoms with Crippen molar-refractivity contribution in [2.75, 3.05) is 7.11 Å². The first-order valence-electron chi connectivity index (χ1n) is 22.3. The maximum absolute atomic E-state index is 12.8. The molecule has 4 atom stereocenters. The van der Waals surface area contributed by atoms with Gasteiger partial charge < -0.3 is 19.3 Å². The molecule has 2 aliphatic rings. The number of carboxylic acids is 1. The zero-order chi connectivity index (χ0) is 49.3. The Kier molecular flexibility index (Phi) is 16.9. The Balaban J connectivity index is 0.000000226. The maximum atomic E-state index is 12.8. The molecule has 70 heavy (non-hydrogen) atoms. The van der Waals surface area contributed by atoms with E-state index in [0.29, 0.717) is 5.75 Å². The van der Waals surface area contributed by atoms with E-state index in [2.05, 4.69) is 23.7 Å². The number of benzene rings is 6. The van der Waals surface area contributed by atoms with Crippen molar-refractivity contribution < 1.29 is 55.2 Å². The van der Waals surface area contributed by atoms with Crippen LogP contribution in [0.1, 0.15) is 116 Å². The van der Waals surface area contributed by atoms with E-state index in [0.717, 1.165) is 111 Å². The molecule has 12 heteroatoms. The molecule has 0 fully saturated rings. The van der Waals surface area contributed by atoms with Crippen LogP contribution >= 0.6 is 0 Å². The van der Waals surface area contributed by atoms with Gasteiger partial charge in [-0.1, -0.05) is 104 Å². The Morgan fingerprint density at radius 1 is 0.571 bits per heavy atom. The SMILES string of the molecule is C.CC#C[C@@H](CC(=O)O)c1ccc(OC2CCc3cc(-c4ccc(C(F)(F)F)cc4)ccc32)cc1.CC#C[C@@H](CC(=O)OC)c1ccc(OC2CCc3cc(-c4ccc(C(F)(F)F)cc4)ccc32)cc1. The lowest BCUT2D eigenvalue weighted by Crippen LogP contribution is -2.08. The van der Waals surface area contributed by atoms with E-state index >= 15 is 0 Å². The van der Waals surface area contributed by atoms with Gasteiger partial charge in [0.05, 0.1) is 42.9 Å². The number of hydrogen-bond donors (Lipinski definition) is 1. The highest BCUT2D eigenvalue weighted by Gasteiger charge is 2.32. The van der Waals surface area contributed by atoms with Gasteiger partial charge in [-0.2, -0.15) is 26.3 Å². The quantitative estimate of drug-likeness (QED) is 0.0748. The molecule has 6 nitrogen and oxygen atoms in total.